The van der Waals surface area contributed by atoms with Crippen molar-refractivity contribution >= 4 is 39.6 Å². The van der Waals surface area contributed by atoms with E-state index in [9.17, 15) is 4.79 Å². The predicted molar refractivity (Wildman–Crippen MR) is 125 cm³/mol. The molecule has 0 aliphatic heterocycles. The summed E-state index contributed by atoms with van der Waals surface area (Å²) in [6.45, 7) is 2.23. The number of fused-ring (bicyclic) bond motifs is 1. The van der Waals surface area contributed by atoms with Crippen LogP contribution in [0.1, 0.15) is 43.0 Å². The second kappa shape index (κ2) is 8.28. The molecule has 4 aromatic rings. The van der Waals surface area contributed by atoms with Gasteiger partial charge in [0.15, 0.2) is 0 Å². The smallest absolute Gasteiger partial charge is 0.251 e. The lowest BCUT2D eigenvalue weighted by Crippen LogP contribution is -2.41. The van der Waals surface area contributed by atoms with Crippen LogP contribution < -0.4 is 5.32 Å². The number of aromatic nitrogens is 2. The van der Waals surface area contributed by atoms with Gasteiger partial charge in [0.25, 0.3) is 5.91 Å². The number of carbonyl (C=O) groups is 1. The Morgan fingerprint density at radius 1 is 0.933 bits per heavy atom. The fraction of sp³-hybridized carbons (Fsp3) is 0.292. The van der Waals surface area contributed by atoms with E-state index in [2.05, 4.69) is 35.1 Å². The van der Waals surface area contributed by atoms with Gasteiger partial charge in [-0.05, 0) is 59.9 Å². The van der Waals surface area contributed by atoms with Gasteiger partial charge in [0.05, 0.1) is 20.8 Å². The summed E-state index contributed by atoms with van der Waals surface area (Å²) in [5.74, 6) is 0.513. The minimum atomic E-state index is -0.0162. The summed E-state index contributed by atoms with van der Waals surface area (Å²) < 4.78 is 0. The molecule has 0 saturated heterocycles. The van der Waals surface area contributed by atoms with E-state index in [0.717, 1.165) is 38.6 Å². The van der Waals surface area contributed by atoms with E-state index in [1.54, 1.807) is 22.7 Å². The quantitative estimate of drug-likeness (QED) is 0.405. The van der Waals surface area contributed by atoms with Crippen molar-refractivity contribution < 1.29 is 4.79 Å². The summed E-state index contributed by atoms with van der Waals surface area (Å²) in [7, 11) is 0. The summed E-state index contributed by atoms with van der Waals surface area (Å²) in [6.07, 6.45) is 4.70. The highest BCUT2D eigenvalue weighted by Gasteiger charge is 2.23. The van der Waals surface area contributed by atoms with Gasteiger partial charge in [-0.1, -0.05) is 31.9 Å². The predicted octanol–water partition coefficient (Wildman–Crippen LogP) is 6.40. The van der Waals surface area contributed by atoms with Crippen molar-refractivity contribution in [2.75, 3.05) is 0 Å². The Morgan fingerprint density at radius 3 is 2.23 bits per heavy atom. The molecular weight excluding hydrogens is 410 g/mol. The van der Waals surface area contributed by atoms with Crippen LogP contribution in [0.4, 0.5) is 0 Å². The van der Waals surface area contributed by atoms with Gasteiger partial charge in [0, 0.05) is 11.6 Å². The molecule has 1 N–H and O–H groups in total. The second-order valence-corrected chi connectivity index (χ2v) is 9.82. The number of carbonyl (C=O) groups excluding carboxylic acids is 1. The summed E-state index contributed by atoms with van der Waals surface area (Å²) in [5.41, 5.74) is 3.98. The molecule has 6 heteroatoms. The molecule has 1 saturated carbocycles. The molecule has 1 aromatic carbocycles. The number of nitrogens with one attached hydrogen (secondary N) is 1. The maximum Gasteiger partial charge on any atom is 0.251 e. The maximum absolute atomic E-state index is 12.9. The average molecular weight is 434 g/mol. The fourth-order valence-corrected chi connectivity index (χ4v) is 5.58. The molecule has 30 heavy (non-hydrogen) atoms. The van der Waals surface area contributed by atoms with Crippen molar-refractivity contribution in [3.8, 4) is 21.1 Å². The molecule has 3 heterocycles. The van der Waals surface area contributed by atoms with E-state index < -0.39 is 0 Å². The van der Waals surface area contributed by atoms with Gasteiger partial charge in [-0.3, -0.25) is 4.79 Å². The van der Waals surface area contributed by atoms with Crippen molar-refractivity contribution in [2.45, 2.75) is 38.6 Å². The summed E-state index contributed by atoms with van der Waals surface area (Å²) >= 11 is 3.31. The molecule has 1 fully saturated rings. The van der Waals surface area contributed by atoms with Crippen molar-refractivity contribution in [1.82, 2.24) is 15.3 Å². The van der Waals surface area contributed by atoms with Gasteiger partial charge in [-0.2, -0.15) is 0 Å². The summed E-state index contributed by atoms with van der Waals surface area (Å²) in [5, 5.41) is 7.35. The van der Waals surface area contributed by atoms with Crippen molar-refractivity contribution in [3.63, 3.8) is 0 Å². The molecule has 4 nitrogen and oxygen atoms in total. The number of rotatable bonds is 4. The first-order valence-corrected chi connectivity index (χ1v) is 12.2. The average Bonchev–Trinajstić information content (AvgIpc) is 3.48. The number of amides is 1. The second-order valence-electron chi connectivity index (χ2n) is 7.92. The third-order valence-corrected chi connectivity index (χ3v) is 7.62. The van der Waals surface area contributed by atoms with Crippen LogP contribution in [0.25, 0.3) is 32.2 Å². The van der Waals surface area contributed by atoms with Gasteiger partial charge in [0.1, 0.15) is 11.4 Å². The molecule has 1 amide bonds. The van der Waals surface area contributed by atoms with Gasteiger partial charge in [-0.25, -0.2) is 9.97 Å². The minimum Gasteiger partial charge on any atom is -0.349 e. The van der Waals surface area contributed by atoms with Crippen LogP contribution in [0.3, 0.4) is 0 Å². The van der Waals surface area contributed by atoms with E-state index in [1.165, 1.54) is 19.3 Å². The van der Waals surface area contributed by atoms with Gasteiger partial charge in [0.2, 0.25) is 0 Å². The zero-order chi connectivity index (χ0) is 20.5. The molecule has 1 aliphatic carbocycles. The molecule has 0 radical (unpaired) electrons. The van der Waals surface area contributed by atoms with E-state index in [-0.39, 0.29) is 11.9 Å². The zero-order valence-electron chi connectivity index (χ0n) is 16.8. The Kier molecular flexibility index (Phi) is 5.35. The van der Waals surface area contributed by atoms with Crippen LogP contribution in [0, 0.1) is 5.92 Å². The van der Waals surface area contributed by atoms with Crippen LogP contribution in [0.15, 0.2) is 53.2 Å². The highest BCUT2D eigenvalue weighted by Crippen LogP contribution is 2.35. The lowest BCUT2D eigenvalue weighted by atomic mass is 9.86. The van der Waals surface area contributed by atoms with Crippen LogP contribution >= 0.6 is 22.7 Å². The standard InChI is InChI=1S/C24H23N3OS2/c1-15-6-2-3-7-17(15)27-24(28)16-10-11-18-19(14-16)26-23(21-9-5-13-30-21)22(25-18)20-8-4-12-29-20/h4-5,8-15,17H,2-3,6-7H2,1H3,(H,27,28). The molecule has 1 aliphatic rings. The largest absolute Gasteiger partial charge is 0.349 e. The number of thiophene rings is 2. The zero-order valence-corrected chi connectivity index (χ0v) is 18.4. The lowest BCUT2D eigenvalue weighted by Gasteiger charge is -2.29. The normalized spacial score (nSPS) is 19.1. The van der Waals surface area contributed by atoms with E-state index in [0.29, 0.717) is 11.5 Å². The van der Waals surface area contributed by atoms with E-state index in [4.69, 9.17) is 9.97 Å². The molecule has 3 aromatic heterocycles. The molecule has 2 atom stereocenters. The number of benzene rings is 1. The Bertz CT molecular complexity index is 1170. The molecular formula is C24H23N3OS2. The lowest BCUT2D eigenvalue weighted by molar-refractivity contribution is 0.0910. The monoisotopic (exact) mass is 433 g/mol. The van der Waals surface area contributed by atoms with E-state index in [1.807, 2.05) is 30.3 Å². The highest BCUT2D eigenvalue weighted by atomic mass is 32.1. The first-order chi connectivity index (χ1) is 14.7. The molecule has 0 spiro atoms. The van der Waals surface area contributed by atoms with Crippen LogP contribution in [0.2, 0.25) is 0 Å². The van der Waals surface area contributed by atoms with Crippen LogP contribution in [-0.4, -0.2) is 21.9 Å². The Morgan fingerprint density at radius 2 is 1.60 bits per heavy atom. The van der Waals surface area contributed by atoms with E-state index >= 15 is 0 Å². The first kappa shape index (κ1) is 19.4. The molecule has 2 unspecified atom stereocenters. The summed E-state index contributed by atoms with van der Waals surface area (Å²) in [4.78, 5) is 25.0. The summed E-state index contributed by atoms with van der Waals surface area (Å²) in [6, 6.07) is 14.1. The highest BCUT2D eigenvalue weighted by molar-refractivity contribution is 7.14. The van der Waals surface area contributed by atoms with Crippen LogP contribution in [-0.2, 0) is 0 Å². The van der Waals surface area contributed by atoms with Gasteiger partial charge >= 0.3 is 0 Å². The number of hydrogen-bond donors (Lipinski definition) is 1. The topological polar surface area (TPSA) is 54.9 Å². The van der Waals surface area contributed by atoms with Crippen molar-refractivity contribution in [2.24, 2.45) is 5.92 Å². The fourth-order valence-electron chi connectivity index (χ4n) is 4.15. The van der Waals surface area contributed by atoms with Gasteiger partial charge < -0.3 is 5.32 Å². The molecule has 5 rings (SSSR count). The van der Waals surface area contributed by atoms with Gasteiger partial charge in [-0.15, -0.1) is 22.7 Å². The van der Waals surface area contributed by atoms with Crippen LogP contribution in [0.5, 0.6) is 0 Å². The first-order valence-electron chi connectivity index (χ1n) is 10.4. The third-order valence-electron chi connectivity index (χ3n) is 5.86. The maximum atomic E-state index is 12.9. The molecule has 152 valence electrons. The number of nitrogens with zero attached hydrogens (tertiary/aromatic N) is 2. The van der Waals surface area contributed by atoms with Crippen molar-refractivity contribution in [3.05, 3.63) is 58.8 Å². The Balaban J connectivity index is 1.53. The minimum absolute atomic E-state index is 0.0162. The van der Waals surface area contributed by atoms with Crippen molar-refractivity contribution in [1.29, 1.82) is 0 Å². The molecule has 0 bridgehead atoms. The Labute approximate surface area is 184 Å². The SMILES string of the molecule is CC1CCCCC1NC(=O)c1ccc2nc(-c3cccs3)c(-c3cccs3)nc2c1. The Hall–Kier alpha value is -2.57. The third kappa shape index (κ3) is 3.77. The number of hydrogen-bond acceptors (Lipinski definition) is 5.